The molecule has 0 aliphatic rings. The minimum atomic E-state index is -1.06. The fourth-order valence-corrected chi connectivity index (χ4v) is 2.64. The molecule has 0 fully saturated rings. The summed E-state index contributed by atoms with van der Waals surface area (Å²) in [6.45, 7) is 0.413. The van der Waals surface area contributed by atoms with Crippen molar-refractivity contribution in [2.24, 2.45) is 0 Å². The van der Waals surface area contributed by atoms with Gasteiger partial charge in [-0.25, -0.2) is 8.78 Å². The van der Waals surface area contributed by atoms with Crippen molar-refractivity contribution in [2.75, 3.05) is 25.5 Å². The molecule has 0 bridgehead atoms. The van der Waals surface area contributed by atoms with E-state index in [1.165, 1.54) is 6.07 Å². The van der Waals surface area contributed by atoms with Crippen molar-refractivity contribution in [1.29, 1.82) is 0 Å². The maximum absolute atomic E-state index is 13.1. The van der Waals surface area contributed by atoms with E-state index in [-0.39, 0.29) is 24.7 Å². The quantitative estimate of drug-likeness (QED) is 0.716. The topological polar surface area (TPSA) is 61.4 Å². The number of rotatable bonds is 7. The van der Waals surface area contributed by atoms with Crippen molar-refractivity contribution < 1.29 is 18.4 Å². The highest BCUT2D eigenvalue weighted by Crippen LogP contribution is 2.17. The SMILES string of the molecule is CN(CC(=O)NCC(=O)Nc1ccc(F)c(F)c1)Cc1ccccc1Br. The van der Waals surface area contributed by atoms with E-state index < -0.39 is 17.5 Å². The zero-order chi connectivity index (χ0) is 19.1. The first kappa shape index (κ1) is 20.0. The van der Waals surface area contributed by atoms with Gasteiger partial charge in [-0.15, -0.1) is 0 Å². The summed E-state index contributed by atoms with van der Waals surface area (Å²) in [7, 11) is 1.79. The second kappa shape index (κ2) is 9.40. The highest BCUT2D eigenvalue weighted by Gasteiger charge is 2.11. The number of carbonyl (C=O) groups is 2. The van der Waals surface area contributed by atoms with Crippen LogP contribution in [0.2, 0.25) is 0 Å². The highest BCUT2D eigenvalue weighted by atomic mass is 79.9. The summed E-state index contributed by atoms with van der Waals surface area (Å²) < 4.78 is 26.9. The van der Waals surface area contributed by atoms with Crippen LogP contribution in [-0.2, 0) is 16.1 Å². The Morgan fingerprint density at radius 1 is 1.08 bits per heavy atom. The number of hydrogen-bond donors (Lipinski definition) is 2. The first-order valence-electron chi connectivity index (χ1n) is 7.78. The van der Waals surface area contributed by atoms with E-state index in [1.54, 1.807) is 7.05 Å². The van der Waals surface area contributed by atoms with Crippen LogP contribution in [0.3, 0.4) is 0 Å². The molecule has 0 spiro atoms. The van der Waals surface area contributed by atoms with Crippen LogP contribution >= 0.6 is 15.9 Å². The first-order valence-corrected chi connectivity index (χ1v) is 8.58. The average Bonchev–Trinajstić information content (AvgIpc) is 2.58. The van der Waals surface area contributed by atoms with Crippen molar-refractivity contribution in [1.82, 2.24) is 10.2 Å². The van der Waals surface area contributed by atoms with Crippen LogP contribution in [0.1, 0.15) is 5.56 Å². The fraction of sp³-hybridized carbons (Fsp3) is 0.222. The Kier molecular flexibility index (Phi) is 7.23. The lowest BCUT2D eigenvalue weighted by molar-refractivity contribution is -0.124. The van der Waals surface area contributed by atoms with E-state index >= 15 is 0 Å². The largest absolute Gasteiger partial charge is 0.346 e. The van der Waals surface area contributed by atoms with Gasteiger partial charge in [0.1, 0.15) is 0 Å². The van der Waals surface area contributed by atoms with Crippen LogP contribution in [0.5, 0.6) is 0 Å². The van der Waals surface area contributed by atoms with Crippen LogP contribution in [0, 0.1) is 11.6 Å². The summed E-state index contributed by atoms with van der Waals surface area (Å²) in [6.07, 6.45) is 0. The van der Waals surface area contributed by atoms with Gasteiger partial charge in [0.05, 0.1) is 13.1 Å². The molecule has 2 N–H and O–H groups in total. The average molecular weight is 426 g/mol. The van der Waals surface area contributed by atoms with E-state index in [9.17, 15) is 18.4 Å². The predicted octanol–water partition coefficient (Wildman–Crippen LogP) is 2.91. The van der Waals surface area contributed by atoms with Crippen molar-refractivity contribution in [3.63, 3.8) is 0 Å². The molecule has 2 aromatic carbocycles. The van der Waals surface area contributed by atoms with Gasteiger partial charge in [0.15, 0.2) is 11.6 Å². The third-order valence-corrected chi connectivity index (χ3v) is 4.23. The van der Waals surface area contributed by atoms with E-state index in [4.69, 9.17) is 0 Å². The molecule has 138 valence electrons. The third kappa shape index (κ3) is 6.20. The van der Waals surface area contributed by atoms with Gasteiger partial charge >= 0.3 is 0 Å². The Morgan fingerprint density at radius 2 is 1.81 bits per heavy atom. The number of amides is 2. The molecular formula is C18H18BrF2N3O2. The molecule has 0 radical (unpaired) electrons. The Bertz CT molecular complexity index is 802. The predicted molar refractivity (Wildman–Crippen MR) is 98.5 cm³/mol. The number of halogens is 3. The summed E-state index contributed by atoms with van der Waals surface area (Å²) in [5.74, 6) is -2.90. The van der Waals surface area contributed by atoms with Gasteiger partial charge in [-0.2, -0.15) is 0 Å². The summed E-state index contributed by atoms with van der Waals surface area (Å²) in [4.78, 5) is 25.5. The highest BCUT2D eigenvalue weighted by molar-refractivity contribution is 9.10. The lowest BCUT2D eigenvalue weighted by atomic mass is 10.2. The molecule has 0 aliphatic carbocycles. The van der Waals surface area contributed by atoms with Crippen molar-refractivity contribution in [3.8, 4) is 0 Å². The van der Waals surface area contributed by atoms with Gasteiger partial charge < -0.3 is 10.6 Å². The maximum Gasteiger partial charge on any atom is 0.243 e. The van der Waals surface area contributed by atoms with Gasteiger partial charge in [0, 0.05) is 22.8 Å². The second-order valence-corrected chi connectivity index (χ2v) is 6.57. The standard InChI is InChI=1S/C18H18BrF2N3O2/c1-24(10-12-4-2-3-5-14(12)19)11-18(26)22-9-17(25)23-13-6-7-15(20)16(21)8-13/h2-8H,9-11H2,1H3,(H,22,26)(H,23,25). The number of likely N-dealkylation sites (N-methyl/N-ethyl adjacent to an activating group) is 1. The Balaban J connectivity index is 1.76. The lowest BCUT2D eigenvalue weighted by Gasteiger charge is -2.17. The lowest BCUT2D eigenvalue weighted by Crippen LogP contribution is -2.39. The summed E-state index contributed by atoms with van der Waals surface area (Å²) in [5.41, 5.74) is 1.16. The molecule has 0 saturated heterocycles. The minimum absolute atomic E-state index is 0.111. The van der Waals surface area contributed by atoms with E-state index in [2.05, 4.69) is 26.6 Å². The Labute approximate surface area is 158 Å². The third-order valence-electron chi connectivity index (χ3n) is 3.46. The molecule has 0 saturated carbocycles. The summed E-state index contributed by atoms with van der Waals surface area (Å²) in [6, 6.07) is 10.7. The minimum Gasteiger partial charge on any atom is -0.346 e. The summed E-state index contributed by atoms with van der Waals surface area (Å²) in [5, 5.41) is 4.87. The van der Waals surface area contributed by atoms with Gasteiger partial charge in [-0.3, -0.25) is 14.5 Å². The molecule has 26 heavy (non-hydrogen) atoms. The number of benzene rings is 2. The zero-order valence-electron chi connectivity index (χ0n) is 14.1. The fourth-order valence-electron chi connectivity index (χ4n) is 2.23. The summed E-state index contributed by atoms with van der Waals surface area (Å²) >= 11 is 3.45. The monoisotopic (exact) mass is 425 g/mol. The molecule has 2 rings (SSSR count). The van der Waals surface area contributed by atoms with Crippen LogP contribution in [-0.4, -0.2) is 36.9 Å². The molecule has 0 atom stereocenters. The number of nitrogens with zero attached hydrogens (tertiary/aromatic N) is 1. The molecule has 0 aliphatic heterocycles. The maximum atomic E-state index is 13.1. The van der Waals surface area contributed by atoms with Gasteiger partial charge in [-0.1, -0.05) is 34.1 Å². The number of hydrogen-bond acceptors (Lipinski definition) is 3. The van der Waals surface area contributed by atoms with E-state index in [1.807, 2.05) is 29.2 Å². The van der Waals surface area contributed by atoms with Crippen LogP contribution < -0.4 is 10.6 Å². The van der Waals surface area contributed by atoms with Crippen LogP contribution in [0.25, 0.3) is 0 Å². The van der Waals surface area contributed by atoms with Gasteiger partial charge in [0.2, 0.25) is 11.8 Å². The van der Waals surface area contributed by atoms with Crippen molar-refractivity contribution in [2.45, 2.75) is 6.54 Å². The molecule has 8 heteroatoms. The van der Waals surface area contributed by atoms with Crippen molar-refractivity contribution >= 4 is 33.4 Å². The zero-order valence-corrected chi connectivity index (χ0v) is 15.6. The van der Waals surface area contributed by atoms with E-state index in [0.717, 1.165) is 22.2 Å². The molecule has 5 nitrogen and oxygen atoms in total. The smallest absolute Gasteiger partial charge is 0.243 e. The van der Waals surface area contributed by atoms with Crippen LogP contribution in [0.15, 0.2) is 46.9 Å². The normalized spacial score (nSPS) is 10.7. The van der Waals surface area contributed by atoms with Crippen LogP contribution in [0.4, 0.5) is 14.5 Å². The molecule has 0 unspecified atom stereocenters. The first-order chi connectivity index (χ1) is 12.3. The number of carbonyl (C=O) groups excluding carboxylic acids is 2. The Hall–Kier alpha value is -2.32. The molecular weight excluding hydrogens is 408 g/mol. The molecule has 2 amide bonds. The second-order valence-electron chi connectivity index (χ2n) is 5.72. The molecule has 2 aromatic rings. The number of nitrogens with one attached hydrogen (secondary N) is 2. The van der Waals surface area contributed by atoms with E-state index in [0.29, 0.717) is 6.54 Å². The van der Waals surface area contributed by atoms with Gasteiger partial charge in [0.25, 0.3) is 0 Å². The Morgan fingerprint density at radius 3 is 2.50 bits per heavy atom. The molecule has 0 aromatic heterocycles. The molecule has 0 heterocycles. The van der Waals surface area contributed by atoms with Gasteiger partial charge in [-0.05, 0) is 30.8 Å². The van der Waals surface area contributed by atoms with Crippen molar-refractivity contribution in [3.05, 3.63) is 64.1 Å². The number of anilines is 1.